The Kier molecular flexibility index (Phi) is 5.11. The summed E-state index contributed by atoms with van der Waals surface area (Å²) >= 11 is 0. The van der Waals surface area contributed by atoms with Gasteiger partial charge in [0, 0.05) is 0 Å². The molecule has 0 bridgehead atoms. The number of benzene rings is 1. The summed E-state index contributed by atoms with van der Waals surface area (Å²) in [7, 11) is 1.57. The van der Waals surface area contributed by atoms with Crippen molar-refractivity contribution < 1.29 is 19.1 Å². The Morgan fingerprint density at radius 2 is 1.83 bits per heavy atom. The summed E-state index contributed by atoms with van der Waals surface area (Å²) in [6.07, 6.45) is 1.51. The molecule has 0 aliphatic heterocycles. The zero-order valence-corrected chi connectivity index (χ0v) is 10.7. The summed E-state index contributed by atoms with van der Waals surface area (Å²) in [4.78, 5) is 23.0. The van der Waals surface area contributed by atoms with Crippen LogP contribution in [0.3, 0.4) is 0 Å². The summed E-state index contributed by atoms with van der Waals surface area (Å²) in [6, 6.07) is 7.05. The molecule has 0 saturated heterocycles. The molecule has 0 spiro atoms. The molecule has 0 unspecified atom stereocenters. The average Bonchev–Trinajstić information content (AvgIpc) is 2.36. The van der Waals surface area contributed by atoms with Crippen LogP contribution >= 0.6 is 0 Å². The zero-order chi connectivity index (χ0) is 13.5. The molecule has 0 aliphatic rings. The second kappa shape index (κ2) is 6.59. The molecule has 18 heavy (non-hydrogen) atoms. The standard InChI is InChI=1S/C14H16O4/c1-4-18-14(16)13(10(2)15)9-11-5-7-12(17-3)8-6-11/h5-9H,4H2,1-3H3/b13-9-. The van der Waals surface area contributed by atoms with Gasteiger partial charge in [0.25, 0.3) is 0 Å². The normalized spacial score (nSPS) is 10.9. The number of hydrogen-bond donors (Lipinski definition) is 0. The van der Waals surface area contributed by atoms with Gasteiger partial charge in [0.05, 0.1) is 13.7 Å². The third-order valence-electron chi connectivity index (χ3n) is 2.30. The first-order chi connectivity index (χ1) is 8.58. The van der Waals surface area contributed by atoms with E-state index in [2.05, 4.69) is 0 Å². The van der Waals surface area contributed by atoms with E-state index in [-0.39, 0.29) is 18.0 Å². The Hall–Kier alpha value is -2.10. The number of hydrogen-bond acceptors (Lipinski definition) is 4. The minimum absolute atomic E-state index is 0.0435. The van der Waals surface area contributed by atoms with Crippen LogP contribution in [0.2, 0.25) is 0 Å². The highest BCUT2D eigenvalue weighted by molar-refractivity contribution is 6.19. The fourth-order valence-electron chi connectivity index (χ4n) is 1.38. The molecule has 0 heterocycles. The van der Waals surface area contributed by atoms with Crippen LogP contribution < -0.4 is 4.74 Å². The van der Waals surface area contributed by atoms with E-state index in [0.29, 0.717) is 5.75 Å². The molecule has 1 aromatic rings. The molecule has 4 nitrogen and oxygen atoms in total. The molecule has 96 valence electrons. The topological polar surface area (TPSA) is 52.6 Å². The summed E-state index contributed by atoms with van der Waals surface area (Å²) in [5.74, 6) is -0.197. The van der Waals surface area contributed by atoms with Gasteiger partial charge in [-0.15, -0.1) is 0 Å². The molecular weight excluding hydrogens is 232 g/mol. The average molecular weight is 248 g/mol. The van der Waals surface area contributed by atoms with Crippen molar-refractivity contribution in [3.8, 4) is 5.75 Å². The lowest BCUT2D eigenvalue weighted by molar-refractivity contribution is -0.139. The SMILES string of the molecule is CCOC(=O)/C(=C\c1ccc(OC)cc1)C(C)=O. The van der Waals surface area contributed by atoms with Gasteiger partial charge in [-0.1, -0.05) is 12.1 Å². The van der Waals surface area contributed by atoms with Crippen molar-refractivity contribution >= 4 is 17.8 Å². The Morgan fingerprint density at radius 3 is 2.28 bits per heavy atom. The summed E-state index contributed by atoms with van der Waals surface area (Å²) < 4.78 is 9.86. The minimum atomic E-state index is -0.596. The molecule has 0 N–H and O–H groups in total. The van der Waals surface area contributed by atoms with Crippen molar-refractivity contribution in [1.82, 2.24) is 0 Å². The minimum Gasteiger partial charge on any atom is -0.497 e. The molecule has 0 fully saturated rings. The number of Topliss-reactive ketones (excluding diaryl/α,β-unsaturated/α-hetero) is 1. The van der Waals surface area contributed by atoms with E-state index in [0.717, 1.165) is 5.56 Å². The Morgan fingerprint density at radius 1 is 1.22 bits per heavy atom. The smallest absolute Gasteiger partial charge is 0.341 e. The Balaban J connectivity index is 3.00. The molecule has 1 rings (SSSR count). The van der Waals surface area contributed by atoms with Crippen molar-refractivity contribution in [1.29, 1.82) is 0 Å². The van der Waals surface area contributed by atoms with Crippen molar-refractivity contribution in [3.05, 3.63) is 35.4 Å². The number of methoxy groups -OCH3 is 1. The molecule has 0 amide bonds. The number of esters is 1. The summed E-state index contributed by atoms with van der Waals surface area (Å²) in [5, 5.41) is 0. The molecular formula is C14H16O4. The van der Waals surface area contributed by atoms with Gasteiger partial charge in [-0.05, 0) is 37.6 Å². The van der Waals surface area contributed by atoms with Crippen LogP contribution in [-0.4, -0.2) is 25.5 Å². The van der Waals surface area contributed by atoms with Gasteiger partial charge in [-0.2, -0.15) is 0 Å². The molecule has 4 heteroatoms. The number of ketones is 1. The van der Waals surface area contributed by atoms with E-state index in [9.17, 15) is 9.59 Å². The van der Waals surface area contributed by atoms with E-state index >= 15 is 0 Å². The lowest BCUT2D eigenvalue weighted by Crippen LogP contribution is -2.13. The highest BCUT2D eigenvalue weighted by Crippen LogP contribution is 2.15. The van der Waals surface area contributed by atoms with Crippen molar-refractivity contribution in [2.45, 2.75) is 13.8 Å². The van der Waals surface area contributed by atoms with Crippen LogP contribution in [0, 0.1) is 0 Å². The van der Waals surface area contributed by atoms with Crippen LogP contribution in [0.25, 0.3) is 6.08 Å². The number of rotatable bonds is 5. The fraction of sp³-hybridized carbons (Fsp3) is 0.286. The maximum absolute atomic E-state index is 11.6. The number of carbonyl (C=O) groups is 2. The third-order valence-corrected chi connectivity index (χ3v) is 2.30. The van der Waals surface area contributed by atoms with Gasteiger partial charge < -0.3 is 9.47 Å². The first-order valence-electron chi connectivity index (χ1n) is 5.62. The Bertz CT molecular complexity index is 457. The van der Waals surface area contributed by atoms with E-state index in [4.69, 9.17) is 9.47 Å². The van der Waals surface area contributed by atoms with Crippen molar-refractivity contribution in [2.24, 2.45) is 0 Å². The van der Waals surface area contributed by atoms with Crippen LogP contribution in [0.5, 0.6) is 5.75 Å². The van der Waals surface area contributed by atoms with Gasteiger partial charge in [0.2, 0.25) is 0 Å². The largest absolute Gasteiger partial charge is 0.497 e. The van der Waals surface area contributed by atoms with Crippen LogP contribution in [0.1, 0.15) is 19.4 Å². The fourth-order valence-corrected chi connectivity index (χ4v) is 1.38. The van der Waals surface area contributed by atoms with Gasteiger partial charge in [0.1, 0.15) is 11.3 Å². The van der Waals surface area contributed by atoms with Crippen LogP contribution in [0.4, 0.5) is 0 Å². The summed E-state index contributed by atoms with van der Waals surface area (Å²) in [6.45, 7) is 3.28. The number of carbonyl (C=O) groups excluding carboxylic acids is 2. The molecule has 1 aromatic carbocycles. The van der Waals surface area contributed by atoms with Crippen molar-refractivity contribution in [3.63, 3.8) is 0 Å². The van der Waals surface area contributed by atoms with E-state index in [1.54, 1.807) is 38.3 Å². The molecule has 0 atom stereocenters. The second-order valence-corrected chi connectivity index (χ2v) is 3.61. The molecule has 0 radical (unpaired) electrons. The quantitative estimate of drug-likeness (QED) is 0.347. The number of ether oxygens (including phenoxy) is 2. The highest BCUT2D eigenvalue weighted by Gasteiger charge is 2.15. The third kappa shape index (κ3) is 3.73. The van der Waals surface area contributed by atoms with E-state index < -0.39 is 5.97 Å². The van der Waals surface area contributed by atoms with Crippen LogP contribution in [0.15, 0.2) is 29.8 Å². The first kappa shape index (κ1) is 14.0. The highest BCUT2D eigenvalue weighted by atomic mass is 16.5. The zero-order valence-electron chi connectivity index (χ0n) is 10.7. The summed E-state index contributed by atoms with van der Waals surface area (Å²) in [5.41, 5.74) is 0.788. The van der Waals surface area contributed by atoms with Gasteiger partial charge >= 0.3 is 5.97 Å². The van der Waals surface area contributed by atoms with Crippen molar-refractivity contribution in [2.75, 3.05) is 13.7 Å². The van der Waals surface area contributed by atoms with Gasteiger partial charge in [0.15, 0.2) is 5.78 Å². The maximum Gasteiger partial charge on any atom is 0.341 e. The lowest BCUT2D eigenvalue weighted by Gasteiger charge is -2.04. The molecule has 0 aromatic heterocycles. The molecule has 0 aliphatic carbocycles. The van der Waals surface area contributed by atoms with E-state index in [1.165, 1.54) is 13.0 Å². The lowest BCUT2D eigenvalue weighted by atomic mass is 10.1. The predicted molar refractivity (Wildman–Crippen MR) is 68.3 cm³/mol. The molecule has 0 saturated carbocycles. The van der Waals surface area contributed by atoms with Gasteiger partial charge in [-0.3, -0.25) is 4.79 Å². The first-order valence-corrected chi connectivity index (χ1v) is 5.62. The maximum atomic E-state index is 11.6. The predicted octanol–water partition coefficient (Wildman–Crippen LogP) is 2.23. The van der Waals surface area contributed by atoms with E-state index in [1.807, 2.05) is 0 Å². The Labute approximate surface area is 106 Å². The van der Waals surface area contributed by atoms with Crippen LogP contribution in [-0.2, 0) is 14.3 Å². The van der Waals surface area contributed by atoms with Gasteiger partial charge in [-0.25, -0.2) is 4.79 Å². The monoisotopic (exact) mass is 248 g/mol. The second-order valence-electron chi connectivity index (χ2n) is 3.61.